The van der Waals surface area contributed by atoms with Crippen LogP contribution in [0.5, 0.6) is 0 Å². The van der Waals surface area contributed by atoms with Gasteiger partial charge in [-0.2, -0.15) is 5.10 Å². The summed E-state index contributed by atoms with van der Waals surface area (Å²) in [7, 11) is 0. The highest BCUT2D eigenvalue weighted by molar-refractivity contribution is 6.31. The van der Waals surface area contributed by atoms with Crippen molar-refractivity contribution in [2.24, 2.45) is 5.92 Å². The lowest BCUT2D eigenvalue weighted by atomic mass is 10.1. The fourth-order valence-electron chi connectivity index (χ4n) is 1.42. The summed E-state index contributed by atoms with van der Waals surface area (Å²) in [5.74, 6) is 1.02. The smallest absolute Gasteiger partial charge is 0.131 e. The Labute approximate surface area is 95.2 Å². The summed E-state index contributed by atoms with van der Waals surface area (Å²) in [6.45, 7) is 7.14. The second kappa shape index (κ2) is 5.04. The molecule has 0 saturated heterocycles. The minimum absolute atomic E-state index is 0.445. The molecular formula is C10H16Cl2N2. The highest BCUT2D eigenvalue weighted by atomic mass is 35.5. The summed E-state index contributed by atoms with van der Waals surface area (Å²) in [6.07, 6.45) is 0.939. The number of hydrogen-bond acceptors (Lipinski definition) is 1. The zero-order chi connectivity index (χ0) is 10.7. The maximum atomic E-state index is 6.13. The van der Waals surface area contributed by atoms with Gasteiger partial charge in [-0.1, -0.05) is 25.4 Å². The van der Waals surface area contributed by atoms with Gasteiger partial charge in [0.2, 0.25) is 0 Å². The van der Waals surface area contributed by atoms with Crippen LogP contribution in [0.3, 0.4) is 0 Å². The molecule has 0 N–H and O–H groups in total. The Morgan fingerprint density at radius 2 is 2.07 bits per heavy atom. The molecule has 0 saturated carbocycles. The van der Waals surface area contributed by atoms with Gasteiger partial charge in [0.1, 0.15) is 5.15 Å². The van der Waals surface area contributed by atoms with Gasteiger partial charge in [-0.25, -0.2) is 0 Å². The van der Waals surface area contributed by atoms with Crippen LogP contribution in [-0.2, 0) is 18.8 Å². The first-order valence-corrected chi connectivity index (χ1v) is 5.81. The summed E-state index contributed by atoms with van der Waals surface area (Å²) in [5, 5.41) is 5.13. The zero-order valence-electron chi connectivity index (χ0n) is 8.85. The number of hydrogen-bond donors (Lipinski definition) is 0. The highest BCUT2D eigenvalue weighted by Gasteiger charge is 2.15. The van der Waals surface area contributed by atoms with Gasteiger partial charge in [0.15, 0.2) is 0 Å². The summed E-state index contributed by atoms with van der Waals surface area (Å²) < 4.78 is 1.80. The SMILES string of the molecule is CCn1nc(CC(C)C)c(CCl)c1Cl. The number of alkyl halides is 1. The Bertz CT molecular complexity index is 305. The molecule has 14 heavy (non-hydrogen) atoms. The Kier molecular flexibility index (Phi) is 4.27. The first-order chi connectivity index (χ1) is 6.60. The summed E-state index contributed by atoms with van der Waals surface area (Å²) >= 11 is 12.0. The van der Waals surface area contributed by atoms with Gasteiger partial charge in [-0.3, -0.25) is 4.68 Å². The van der Waals surface area contributed by atoms with E-state index in [1.54, 1.807) is 4.68 Å². The molecule has 0 amide bonds. The van der Waals surface area contributed by atoms with Gasteiger partial charge in [-0.15, -0.1) is 11.6 Å². The molecule has 1 aromatic heterocycles. The van der Waals surface area contributed by atoms with E-state index in [1.165, 1.54) is 0 Å². The Morgan fingerprint density at radius 1 is 1.43 bits per heavy atom. The molecule has 0 aliphatic rings. The van der Waals surface area contributed by atoms with Gasteiger partial charge in [0.05, 0.1) is 11.6 Å². The summed E-state index contributed by atoms with van der Waals surface area (Å²) in [6, 6.07) is 0. The lowest BCUT2D eigenvalue weighted by Gasteiger charge is -2.01. The van der Waals surface area contributed by atoms with E-state index in [4.69, 9.17) is 23.2 Å². The normalized spacial score (nSPS) is 11.3. The van der Waals surface area contributed by atoms with Crippen molar-refractivity contribution in [3.8, 4) is 0 Å². The Hall–Kier alpha value is -0.210. The van der Waals surface area contributed by atoms with Gasteiger partial charge < -0.3 is 0 Å². The van der Waals surface area contributed by atoms with Crippen LogP contribution in [-0.4, -0.2) is 9.78 Å². The third kappa shape index (κ3) is 2.43. The third-order valence-corrected chi connectivity index (χ3v) is 2.79. The molecule has 0 unspecified atom stereocenters. The molecule has 0 fully saturated rings. The number of nitrogens with zero attached hydrogens (tertiary/aromatic N) is 2. The Balaban J connectivity index is 3.02. The second-order valence-electron chi connectivity index (χ2n) is 3.76. The molecule has 4 heteroatoms. The van der Waals surface area contributed by atoms with Crippen molar-refractivity contribution in [2.45, 2.75) is 39.6 Å². The van der Waals surface area contributed by atoms with Crippen LogP contribution in [0.1, 0.15) is 32.0 Å². The largest absolute Gasteiger partial charge is 0.254 e. The van der Waals surface area contributed by atoms with Crippen LogP contribution < -0.4 is 0 Å². The molecule has 0 aliphatic heterocycles. The van der Waals surface area contributed by atoms with Crippen LogP contribution in [0, 0.1) is 5.92 Å². The molecule has 80 valence electrons. The van der Waals surface area contributed by atoms with Crippen molar-refractivity contribution in [3.05, 3.63) is 16.4 Å². The van der Waals surface area contributed by atoms with Crippen molar-refractivity contribution in [1.82, 2.24) is 9.78 Å². The molecule has 0 aromatic carbocycles. The number of aryl methyl sites for hydroxylation is 1. The van der Waals surface area contributed by atoms with Gasteiger partial charge in [-0.05, 0) is 19.3 Å². The molecule has 2 nitrogen and oxygen atoms in total. The van der Waals surface area contributed by atoms with Crippen LogP contribution in [0.2, 0.25) is 5.15 Å². The van der Waals surface area contributed by atoms with E-state index in [1.807, 2.05) is 6.92 Å². The van der Waals surface area contributed by atoms with Gasteiger partial charge in [0.25, 0.3) is 0 Å². The Morgan fingerprint density at radius 3 is 2.50 bits per heavy atom. The van der Waals surface area contributed by atoms with Crippen molar-refractivity contribution >= 4 is 23.2 Å². The summed E-state index contributed by atoms with van der Waals surface area (Å²) in [5.41, 5.74) is 2.03. The molecule has 1 rings (SSSR count). The van der Waals surface area contributed by atoms with Crippen molar-refractivity contribution in [2.75, 3.05) is 0 Å². The predicted octanol–water partition coefficient (Wildman–Crippen LogP) is 3.49. The van der Waals surface area contributed by atoms with Crippen LogP contribution >= 0.6 is 23.2 Å². The average Bonchev–Trinajstić information content (AvgIpc) is 2.41. The molecule has 0 radical (unpaired) electrons. The molecule has 1 aromatic rings. The topological polar surface area (TPSA) is 17.8 Å². The monoisotopic (exact) mass is 234 g/mol. The molecule has 0 bridgehead atoms. The van der Waals surface area contributed by atoms with E-state index in [2.05, 4.69) is 18.9 Å². The lowest BCUT2D eigenvalue weighted by Crippen LogP contribution is -2.00. The van der Waals surface area contributed by atoms with E-state index in [-0.39, 0.29) is 0 Å². The van der Waals surface area contributed by atoms with Crippen LogP contribution in [0.4, 0.5) is 0 Å². The minimum atomic E-state index is 0.445. The van der Waals surface area contributed by atoms with Crippen LogP contribution in [0.25, 0.3) is 0 Å². The summed E-state index contributed by atoms with van der Waals surface area (Å²) in [4.78, 5) is 0. The maximum Gasteiger partial charge on any atom is 0.131 e. The van der Waals surface area contributed by atoms with Crippen molar-refractivity contribution < 1.29 is 0 Å². The van der Waals surface area contributed by atoms with E-state index < -0.39 is 0 Å². The van der Waals surface area contributed by atoms with Gasteiger partial charge in [0, 0.05) is 12.1 Å². The molecule has 0 aliphatic carbocycles. The standard InChI is InChI=1S/C10H16Cl2N2/c1-4-14-10(12)8(6-11)9(13-14)5-7(2)3/h7H,4-6H2,1-3H3. The van der Waals surface area contributed by atoms with Gasteiger partial charge >= 0.3 is 0 Å². The highest BCUT2D eigenvalue weighted by Crippen LogP contribution is 2.23. The maximum absolute atomic E-state index is 6.13. The molecule has 1 heterocycles. The fraction of sp³-hybridized carbons (Fsp3) is 0.700. The molecule has 0 spiro atoms. The average molecular weight is 235 g/mol. The van der Waals surface area contributed by atoms with E-state index in [9.17, 15) is 0 Å². The van der Waals surface area contributed by atoms with Crippen LogP contribution in [0.15, 0.2) is 0 Å². The van der Waals surface area contributed by atoms with Crippen molar-refractivity contribution in [3.63, 3.8) is 0 Å². The van der Waals surface area contributed by atoms with E-state index in [0.29, 0.717) is 17.0 Å². The molecular weight excluding hydrogens is 219 g/mol. The quantitative estimate of drug-likeness (QED) is 0.730. The lowest BCUT2D eigenvalue weighted by molar-refractivity contribution is 0.599. The first-order valence-electron chi connectivity index (χ1n) is 4.90. The van der Waals surface area contributed by atoms with Crippen molar-refractivity contribution in [1.29, 1.82) is 0 Å². The first kappa shape index (κ1) is 11.9. The second-order valence-corrected chi connectivity index (χ2v) is 4.39. The van der Waals surface area contributed by atoms with E-state index in [0.717, 1.165) is 24.2 Å². The van der Waals surface area contributed by atoms with E-state index >= 15 is 0 Å². The zero-order valence-corrected chi connectivity index (χ0v) is 10.4. The number of rotatable bonds is 4. The molecule has 0 atom stereocenters. The fourth-order valence-corrected chi connectivity index (χ4v) is 2.10. The predicted molar refractivity (Wildman–Crippen MR) is 61.0 cm³/mol. The number of aromatic nitrogens is 2. The third-order valence-electron chi connectivity index (χ3n) is 2.10. The number of halogens is 2. The minimum Gasteiger partial charge on any atom is -0.254 e.